The molecule has 0 radical (unpaired) electrons. The predicted octanol–water partition coefficient (Wildman–Crippen LogP) is 2.64. The van der Waals surface area contributed by atoms with E-state index >= 15 is 0 Å². The highest BCUT2D eigenvalue weighted by Crippen LogP contribution is 2.30. The number of benzene rings is 1. The molecule has 1 aliphatic rings. The summed E-state index contributed by atoms with van der Waals surface area (Å²) in [6.07, 6.45) is 1.01. The number of fused-ring (bicyclic) bond motifs is 1. The number of rotatable bonds is 1. The highest BCUT2D eigenvalue weighted by atomic mass is 16.2. The molecule has 2 rings (SSSR count). The average molecular weight is 218 g/mol. The number of carbonyl (C=O) groups excluding carboxylic acids is 1. The molecule has 3 nitrogen and oxygen atoms in total. The molecule has 16 heavy (non-hydrogen) atoms. The van der Waals surface area contributed by atoms with Crippen LogP contribution in [-0.2, 0) is 11.2 Å². The first kappa shape index (κ1) is 11.0. The standard InChI is InChI=1S/C13H18N2O/c1-4-9-5-6-10-11(7-9)14-8-13(2,3)12(16)15-10/h5-7,14H,4,8H2,1-3H3,(H,15,16). The summed E-state index contributed by atoms with van der Waals surface area (Å²) in [5, 5.41) is 6.30. The lowest BCUT2D eigenvalue weighted by molar-refractivity contribution is -0.123. The van der Waals surface area contributed by atoms with Gasteiger partial charge in [0.1, 0.15) is 0 Å². The number of carbonyl (C=O) groups is 1. The van der Waals surface area contributed by atoms with Crippen molar-refractivity contribution in [3.05, 3.63) is 23.8 Å². The van der Waals surface area contributed by atoms with Crippen molar-refractivity contribution in [2.75, 3.05) is 17.2 Å². The fourth-order valence-corrected chi connectivity index (χ4v) is 1.75. The Morgan fingerprint density at radius 1 is 1.31 bits per heavy atom. The largest absolute Gasteiger partial charge is 0.382 e. The van der Waals surface area contributed by atoms with E-state index < -0.39 is 0 Å². The van der Waals surface area contributed by atoms with Crippen LogP contribution in [0.3, 0.4) is 0 Å². The number of anilines is 2. The minimum Gasteiger partial charge on any atom is -0.382 e. The van der Waals surface area contributed by atoms with Crippen molar-refractivity contribution < 1.29 is 4.79 Å². The molecule has 1 heterocycles. The van der Waals surface area contributed by atoms with E-state index in [-0.39, 0.29) is 11.3 Å². The molecule has 0 saturated carbocycles. The Morgan fingerprint density at radius 3 is 2.75 bits per heavy atom. The molecule has 0 bridgehead atoms. The summed E-state index contributed by atoms with van der Waals surface area (Å²) in [6.45, 7) is 6.68. The second-order valence-corrected chi connectivity index (χ2v) is 4.93. The first-order valence-corrected chi connectivity index (χ1v) is 5.71. The molecule has 86 valence electrons. The minimum absolute atomic E-state index is 0.0722. The quantitative estimate of drug-likeness (QED) is 0.760. The lowest BCUT2D eigenvalue weighted by Gasteiger charge is -2.19. The van der Waals surface area contributed by atoms with Gasteiger partial charge in [-0.2, -0.15) is 0 Å². The van der Waals surface area contributed by atoms with Gasteiger partial charge in [0.25, 0.3) is 0 Å². The Bertz CT molecular complexity index is 424. The first-order valence-electron chi connectivity index (χ1n) is 5.71. The van der Waals surface area contributed by atoms with Crippen molar-refractivity contribution in [1.29, 1.82) is 0 Å². The Labute approximate surface area is 96.2 Å². The molecule has 1 aromatic carbocycles. The maximum Gasteiger partial charge on any atom is 0.231 e. The van der Waals surface area contributed by atoms with Crippen molar-refractivity contribution in [2.45, 2.75) is 27.2 Å². The number of hydrogen-bond acceptors (Lipinski definition) is 2. The summed E-state index contributed by atoms with van der Waals surface area (Å²) in [7, 11) is 0. The molecule has 0 fully saturated rings. The highest BCUT2D eigenvalue weighted by Gasteiger charge is 2.30. The number of amides is 1. The molecule has 0 spiro atoms. The fraction of sp³-hybridized carbons (Fsp3) is 0.462. The van der Waals surface area contributed by atoms with E-state index in [0.717, 1.165) is 17.8 Å². The molecule has 0 aromatic heterocycles. The summed E-state index contributed by atoms with van der Waals surface area (Å²) in [6, 6.07) is 6.14. The van der Waals surface area contributed by atoms with E-state index in [1.165, 1.54) is 5.56 Å². The van der Waals surface area contributed by atoms with Crippen LogP contribution in [-0.4, -0.2) is 12.5 Å². The van der Waals surface area contributed by atoms with Gasteiger partial charge in [0.15, 0.2) is 0 Å². The Morgan fingerprint density at radius 2 is 2.06 bits per heavy atom. The highest BCUT2D eigenvalue weighted by molar-refractivity contribution is 5.99. The molecule has 0 saturated heterocycles. The van der Waals surface area contributed by atoms with Gasteiger partial charge in [-0.15, -0.1) is 0 Å². The molecule has 0 atom stereocenters. The summed E-state index contributed by atoms with van der Waals surface area (Å²) in [4.78, 5) is 11.9. The number of aryl methyl sites for hydroxylation is 1. The van der Waals surface area contributed by atoms with Crippen LogP contribution in [0.5, 0.6) is 0 Å². The molecule has 2 N–H and O–H groups in total. The van der Waals surface area contributed by atoms with Crippen molar-refractivity contribution in [1.82, 2.24) is 0 Å². The van der Waals surface area contributed by atoms with Gasteiger partial charge >= 0.3 is 0 Å². The zero-order valence-corrected chi connectivity index (χ0v) is 10.1. The third kappa shape index (κ3) is 1.90. The van der Waals surface area contributed by atoms with Crippen molar-refractivity contribution >= 4 is 17.3 Å². The Kier molecular flexibility index (Phi) is 2.62. The van der Waals surface area contributed by atoms with Gasteiger partial charge in [0.2, 0.25) is 5.91 Å². The van der Waals surface area contributed by atoms with E-state index in [1.807, 2.05) is 19.9 Å². The normalized spacial score (nSPS) is 18.1. The van der Waals surface area contributed by atoms with Gasteiger partial charge < -0.3 is 10.6 Å². The molecule has 1 aromatic rings. The summed E-state index contributed by atoms with van der Waals surface area (Å²) < 4.78 is 0. The first-order chi connectivity index (χ1) is 7.53. The van der Waals surface area contributed by atoms with Crippen LogP contribution < -0.4 is 10.6 Å². The lowest BCUT2D eigenvalue weighted by atomic mass is 9.93. The number of hydrogen-bond donors (Lipinski definition) is 2. The zero-order chi connectivity index (χ0) is 11.8. The molecule has 0 aliphatic carbocycles. The lowest BCUT2D eigenvalue weighted by Crippen LogP contribution is -2.34. The van der Waals surface area contributed by atoms with Crippen LogP contribution in [0.25, 0.3) is 0 Å². The van der Waals surface area contributed by atoms with Gasteiger partial charge in [-0.1, -0.05) is 13.0 Å². The monoisotopic (exact) mass is 218 g/mol. The van der Waals surface area contributed by atoms with E-state index in [0.29, 0.717) is 6.54 Å². The molecular weight excluding hydrogens is 200 g/mol. The van der Waals surface area contributed by atoms with Crippen LogP contribution >= 0.6 is 0 Å². The average Bonchev–Trinajstić information content (AvgIpc) is 2.37. The second kappa shape index (κ2) is 3.81. The third-order valence-electron chi connectivity index (χ3n) is 3.08. The van der Waals surface area contributed by atoms with Gasteiger partial charge in [0, 0.05) is 6.54 Å². The smallest absolute Gasteiger partial charge is 0.231 e. The van der Waals surface area contributed by atoms with Gasteiger partial charge in [-0.05, 0) is 38.0 Å². The SMILES string of the molecule is CCc1ccc2c(c1)NCC(C)(C)C(=O)N2. The van der Waals surface area contributed by atoms with E-state index in [2.05, 4.69) is 29.7 Å². The molecule has 1 amide bonds. The summed E-state index contributed by atoms with van der Waals surface area (Å²) >= 11 is 0. The topological polar surface area (TPSA) is 41.1 Å². The van der Waals surface area contributed by atoms with Gasteiger partial charge in [-0.25, -0.2) is 0 Å². The summed E-state index contributed by atoms with van der Waals surface area (Å²) in [5.74, 6) is 0.0722. The van der Waals surface area contributed by atoms with Crippen LogP contribution in [0, 0.1) is 5.41 Å². The van der Waals surface area contributed by atoms with Gasteiger partial charge in [0.05, 0.1) is 16.8 Å². The van der Waals surface area contributed by atoms with Crippen molar-refractivity contribution in [3.8, 4) is 0 Å². The Balaban J connectivity index is 2.37. The molecular formula is C13H18N2O. The van der Waals surface area contributed by atoms with E-state index in [9.17, 15) is 4.79 Å². The van der Waals surface area contributed by atoms with Crippen LogP contribution in [0.1, 0.15) is 26.3 Å². The fourth-order valence-electron chi connectivity index (χ4n) is 1.75. The minimum atomic E-state index is -0.370. The van der Waals surface area contributed by atoms with Crippen molar-refractivity contribution in [2.24, 2.45) is 5.41 Å². The van der Waals surface area contributed by atoms with Crippen LogP contribution in [0.4, 0.5) is 11.4 Å². The predicted molar refractivity (Wildman–Crippen MR) is 66.7 cm³/mol. The molecule has 0 unspecified atom stereocenters. The second-order valence-electron chi connectivity index (χ2n) is 4.93. The number of nitrogens with one attached hydrogen (secondary N) is 2. The zero-order valence-electron chi connectivity index (χ0n) is 10.1. The molecule has 1 aliphatic heterocycles. The van der Waals surface area contributed by atoms with E-state index in [4.69, 9.17) is 0 Å². The van der Waals surface area contributed by atoms with E-state index in [1.54, 1.807) is 0 Å². The maximum atomic E-state index is 11.9. The molecule has 3 heteroatoms. The van der Waals surface area contributed by atoms with Gasteiger partial charge in [-0.3, -0.25) is 4.79 Å². The van der Waals surface area contributed by atoms with Crippen molar-refractivity contribution in [3.63, 3.8) is 0 Å². The Hall–Kier alpha value is -1.51. The third-order valence-corrected chi connectivity index (χ3v) is 3.08. The van der Waals surface area contributed by atoms with Crippen LogP contribution in [0.2, 0.25) is 0 Å². The van der Waals surface area contributed by atoms with Crippen LogP contribution in [0.15, 0.2) is 18.2 Å². The summed E-state index contributed by atoms with van der Waals surface area (Å²) in [5.41, 5.74) is 2.82. The maximum absolute atomic E-state index is 11.9.